The van der Waals surface area contributed by atoms with Gasteiger partial charge in [-0.15, -0.1) is 0 Å². The van der Waals surface area contributed by atoms with Gasteiger partial charge in [0.1, 0.15) is 0 Å². The summed E-state index contributed by atoms with van der Waals surface area (Å²) in [5.41, 5.74) is -0.469. The van der Waals surface area contributed by atoms with E-state index < -0.39 is 11.7 Å². The van der Waals surface area contributed by atoms with E-state index in [2.05, 4.69) is 15.2 Å². The van der Waals surface area contributed by atoms with E-state index in [1.165, 1.54) is 6.92 Å². The van der Waals surface area contributed by atoms with Crippen LogP contribution in [0.2, 0.25) is 0 Å². The van der Waals surface area contributed by atoms with Gasteiger partial charge >= 0.3 is 6.18 Å². The van der Waals surface area contributed by atoms with Crippen LogP contribution in [0.25, 0.3) is 11.1 Å². The molecule has 1 fully saturated rings. The monoisotopic (exact) mass is 407 g/mol. The smallest absolute Gasteiger partial charge is 0.342 e. The van der Waals surface area contributed by atoms with E-state index >= 15 is 0 Å². The van der Waals surface area contributed by atoms with Crippen LogP contribution in [0, 0.1) is 6.92 Å². The molecule has 1 aliphatic heterocycles. The average molecular weight is 407 g/mol. The number of carbonyl (C=O) groups excluding carboxylic acids is 1. The molecule has 29 heavy (non-hydrogen) atoms. The fourth-order valence-corrected chi connectivity index (χ4v) is 3.83. The Morgan fingerprint density at radius 2 is 2.21 bits per heavy atom. The van der Waals surface area contributed by atoms with Gasteiger partial charge in [-0.25, -0.2) is 4.98 Å². The molecule has 1 aliphatic rings. The molecule has 3 aromatic rings. The lowest BCUT2D eigenvalue weighted by molar-refractivity contribution is -0.136. The Labute approximate surface area is 164 Å². The van der Waals surface area contributed by atoms with E-state index in [1.807, 2.05) is 0 Å². The van der Waals surface area contributed by atoms with Crippen molar-refractivity contribution in [3.05, 3.63) is 41.5 Å². The fourth-order valence-electron chi connectivity index (χ4n) is 3.83. The molecule has 1 amide bonds. The van der Waals surface area contributed by atoms with Crippen molar-refractivity contribution in [2.45, 2.75) is 44.8 Å². The summed E-state index contributed by atoms with van der Waals surface area (Å²) in [6.07, 6.45) is 0.484. The second-order valence-electron chi connectivity index (χ2n) is 7.25. The van der Waals surface area contributed by atoms with Crippen LogP contribution in [0.5, 0.6) is 0 Å². The first-order valence-electron chi connectivity index (χ1n) is 9.42. The molecule has 0 bridgehead atoms. The number of piperidine rings is 1. The number of fused-ring (bicyclic) bond motifs is 1. The molecule has 0 spiro atoms. The van der Waals surface area contributed by atoms with Gasteiger partial charge in [0.05, 0.1) is 16.6 Å². The lowest BCUT2D eigenvalue weighted by Gasteiger charge is -2.32. The maximum atomic E-state index is 13.6. The van der Waals surface area contributed by atoms with Crippen LogP contribution in [0.15, 0.2) is 29.0 Å². The van der Waals surface area contributed by atoms with Crippen molar-refractivity contribution in [3.8, 4) is 0 Å². The van der Waals surface area contributed by atoms with Crippen LogP contribution >= 0.6 is 0 Å². The molecule has 4 rings (SSSR count). The first-order chi connectivity index (χ1) is 13.8. The number of carbonyl (C=O) groups is 1. The number of hydrogen-bond donors (Lipinski definition) is 0. The van der Waals surface area contributed by atoms with Gasteiger partial charge in [0.15, 0.2) is 0 Å². The highest BCUT2D eigenvalue weighted by Gasteiger charge is 2.38. The molecule has 7 nitrogen and oxygen atoms in total. The standard InChI is InChI=1S/C19H20F3N5O2/c1-12-10-14(19(20,21)22)16-17(25-29-18(16)24-12)13-4-2-7-26(11-13)15(28)5-9-27-8-3-6-23-27/h3,6,8,10,13H,2,4-5,7,9,11H2,1H3/t13-/m1/s1. The molecule has 1 saturated heterocycles. The zero-order valence-electron chi connectivity index (χ0n) is 15.8. The summed E-state index contributed by atoms with van der Waals surface area (Å²) in [7, 11) is 0. The predicted octanol–water partition coefficient (Wildman–Crippen LogP) is 3.54. The highest BCUT2D eigenvalue weighted by atomic mass is 19.4. The van der Waals surface area contributed by atoms with Crippen LogP contribution in [-0.4, -0.2) is 43.8 Å². The van der Waals surface area contributed by atoms with Crippen molar-refractivity contribution in [2.75, 3.05) is 13.1 Å². The Morgan fingerprint density at radius 3 is 2.93 bits per heavy atom. The Morgan fingerprint density at radius 1 is 1.38 bits per heavy atom. The second kappa shape index (κ2) is 7.49. The van der Waals surface area contributed by atoms with Gasteiger partial charge < -0.3 is 9.42 Å². The quantitative estimate of drug-likeness (QED) is 0.661. The van der Waals surface area contributed by atoms with Crippen molar-refractivity contribution in [2.24, 2.45) is 0 Å². The normalized spacial score (nSPS) is 17.8. The third-order valence-electron chi connectivity index (χ3n) is 5.18. The van der Waals surface area contributed by atoms with E-state index in [9.17, 15) is 18.0 Å². The molecule has 10 heteroatoms. The summed E-state index contributed by atoms with van der Waals surface area (Å²) in [4.78, 5) is 18.3. The van der Waals surface area contributed by atoms with Crippen LogP contribution in [-0.2, 0) is 17.5 Å². The van der Waals surface area contributed by atoms with Gasteiger partial charge in [-0.3, -0.25) is 9.48 Å². The maximum absolute atomic E-state index is 13.6. The number of aromatic nitrogens is 4. The minimum atomic E-state index is -4.54. The van der Waals surface area contributed by atoms with Crippen LogP contribution in [0.3, 0.4) is 0 Å². The molecule has 0 unspecified atom stereocenters. The molecule has 0 aliphatic carbocycles. The number of amides is 1. The summed E-state index contributed by atoms with van der Waals surface area (Å²) >= 11 is 0. The minimum Gasteiger partial charge on any atom is -0.342 e. The summed E-state index contributed by atoms with van der Waals surface area (Å²) < 4.78 is 47.6. The van der Waals surface area contributed by atoms with Gasteiger partial charge in [0.2, 0.25) is 5.91 Å². The predicted molar refractivity (Wildman–Crippen MR) is 96.9 cm³/mol. The van der Waals surface area contributed by atoms with Crippen molar-refractivity contribution < 1.29 is 22.5 Å². The lowest BCUT2D eigenvalue weighted by Crippen LogP contribution is -2.39. The highest BCUT2D eigenvalue weighted by Crippen LogP contribution is 2.40. The summed E-state index contributed by atoms with van der Waals surface area (Å²) in [5.74, 6) is -0.382. The summed E-state index contributed by atoms with van der Waals surface area (Å²) in [5, 5.41) is 7.90. The molecule has 0 radical (unpaired) electrons. The van der Waals surface area contributed by atoms with Crippen molar-refractivity contribution in [3.63, 3.8) is 0 Å². The average Bonchev–Trinajstić information content (AvgIpc) is 3.34. The molecule has 0 aromatic carbocycles. The molecule has 0 saturated carbocycles. The summed E-state index contributed by atoms with van der Waals surface area (Å²) in [6, 6.07) is 2.80. The SMILES string of the molecule is Cc1cc(C(F)(F)F)c2c([C@@H]3CCCN(C(=O)CCn4cccn4)C3)noc2n1. The Balaban J connectivity index is 1.57. The Hall–Kier alpha value is -2.91. The van der Waals surface area contributed by atoms with Crippen molar-refractivity contribution in [1.82, 2.24) is 24.8 Å². The molecular formula is C19H20F3N5O2. The topological polar surface area (TPSA) is 77.0 Å². The van der Waals surface area contributed by atoms with Crippen molar-refractivity contribution >= 4 is 17.0 Å². The zero-order valence-corrected chi connectivity index (χ0v) is 15.8. The number of likely N-dealkylation sites (tertiary alicyclic amines) is 1. The van der Waals surface area contributed by atoms with Crippen LogP contribution in [0.4, 0.5) is 13.2 Å². The van der Waals surface area contributed by atoms with Gasteiger partial charge in [0.25, 0.3) is 5.71 Å². The minimum absolute atomic E-state index is 0.0528. The molecule has 3 aromatic heterocycles. The Kier molecular flexibility index (Phi) is 5.01. The number of rotatable bonds is 4. The lowest BCUT2D eigenvalue weighted by atomic mass is 9.91. The number of alkyl halides is 3. The first kappa shape index (κ1) is 19.4. The maximum Gasteiger partial charge on any atom is 0.417 e. The third kappa shape index (κ3) is 3.96. The van der Waals surface area contributed by atoms with Gasteiger partial charge in [-0.05, 0) is 31.9 Å². The van der Waals surface area contributed by atoms with Gasteiger partial charge in [-0.2, -0.15) is 18.3 Å². The van der Waals surface area contributed by atoms with Gasteiger partial charge in [-0.1, -0.05) is 5.16 Å². The fraction of sp³-hybridized carbons (Fsp3) is 0.474. The molecule has 154 valence electrons. The number of pyridine rings is 1. The van der Waals surface area contributed by atoms with E-state index in [4.69, 9.17) is 4.52 Å². The molecular weight excluding hydrogens is 387 g/mol. The van der Waals surface area contributed by atoms with Crippen LogP contribution < -0.4 is 0 Å². The largest absolute Gasteiger partial charge is 0.417 e. The van der Waals surface area contributed by atoms with Crippen LogP contribution in [0.1, 0.15) is 42.1 Å². The third-order valence-corrected chi connectivity index (χ3v) is 5.18. The van der Waals surface area contributed by atoms with E-state index in [-0.39, 0.29) is 40.7 Å². The second-order valence-corrected chi connectivity index (χ2v) is 7.25. The first-order valence-corrected chi connectivity index (χ1v) is 9.42. The molecule has 1 atom stereocenters. The number of halogens is 3. The van der Waals surface area contributed by atoms with Gasteiger partial charge in [0, 0.05) is 50.1 Å². The summed E-state index contributed by atoms with van der Waals surface area (Å²) in [6.45, 7) is 2.83. The van der Waals surface area contributed by atoms with E-state index in [1.54, 1.807) is 28.0 Å². The highest BCUT2D eigenvalue weighted by molar-refractivity contribution is 5.82. The zero-order chi connectivity index (χ0) is 20.6. The van der Waals surface area contributed by atoms with Crippen molar-refractivity contribution in [1.29, 1.82) is 0 Å². The Bertz CT molecular complexity index is 1010. The number of nitrogens with zero attached hydrogens (tertiary/aromatic N) is 5. The number of aryl methyl sites for hydroxylation is 2. The van der Waals surface area contributed by atoms with E-state index in [0.29, 0.717) is 32.5 Å². The molecule has 4 heterocycles. The number of hydrogen-bond acceptors (Lipinski definition) is 5. The van der Waals surface area contributed by atoms with E-state index in [0.717, 1.165) is 6.07 Å². The molecule has 0 N–H and O–H groups in total.